The first-order valence-corrected chi connectivity index (χ1v) is 6.38. The molecule has 7 nitrogen and oxygen atoms in total. The normalized spacial score (nSPS) is 14.6. The molecule has 1 saturated heterocycles. The summed E-state index contributed by atoms with van der Waals surface area (Å²) in [4.78, 5) is 36.7. The maximum atomic E-state index is 11.8. The number of rotatable bonds is 5. The lowest BCUT2D eigenvalue weighted by molar-refractivity contribution is -0.143. The van der Waals surface area contributed by atoms with Crippen LogP contribution >= 0.6 is 0 Å². The molecule has 0 saturated carbocycles. The summed E-state index contributed by atoms with van der Waals surface area (Å²) in [6.07, 6.45) is 0. The molecule has 0 atom stereocenters. The molecule has 0 spiro atoms. The van der Waals surface area contributed by atoms with Crippen molar-refractivity contribution in [2.45, 2.75) is 6.92 Å². The van der Waals surface area contributed by atoms with Crippen LogP contribution in [0.2, 0.25) is 0 Å². The number of nitrogens with zero attached hydrogens (tertiary/aromatic N) is 3. The highest BCUT2D eigenvalue weighted by Gasteiger charge is 2.43. The molecule has 0 aliphatic carbocycles. The number of carbonyl (C=O) groups is 3. The van der Waals surface area contributed by atoms with E-state index in [1.807, 2.05) is 6.07 Å². The number of likely N-dealkylation sites (N-methyl/N-ethyl adjacent to an activating group) is 1. The Labute approximate surface area is 121 Å². The lowest BCUT2D eigenvalue weighted by atomic mass is 10.2. The van der Waals surface area contributed by atoms with Crippen LogP contribution in [0, 0.1) is 11.3 Å². The average Bonchev–Trinajstić information content (AvgIpc) is 2.71. The quantitative estimate of drug-likeness (QED) is 0.588. The van der Waals surface area contributed by atoms with Gasteiger partial charge in [-0.15, -0.1) is 0 Å². The molecule has 108 valence electrons. The van der Waals surface area contributed by atoms with Crippen molar-refractivity contribution in [2.75, 3.05) is 19.7 Å². The largest absolute Gasteiger partial charge is 0.492 e. The molecule has 0 bridgehead atoms. The molecule has 7 heteroatoms. The van der Waals surface area contributed by atoms with Crippen molar-refractivity contribution >= 4 is 17.8 Å². The topological polar surface area (TPSA) is 90.7 Å². The van der Waals surface area contributed by atoms with Crippen LogP contribution in [0.1, 0.15) is 12.5 Å². The lowest BCUT2D eigenvalue weighted by Gasteiger charge is -2.14. The van der Waals surface area contributed by atoms with E-state index in [1.165, 1.54) is 0 Å². The monoisotopic (exact) mass is 287 g/mol. The summed E-state index contributed by atoms with van der Waals surface area (Å²) in [6.45, 7) is 1.87. The van der Waals surface area contributed by atoms with Crippen molar-refractivity contribution in [3.8, 4) is 11.8 Å². The van der Waals surface area contributed by atoms with Crippen molar-refractivity contribution in [3.63, 3.8) is 0 Å². The van der Waals surface area contributed by atoms with Crippen molar-refractivity contribution in [2.24, 2.45) is 0 Å². The van der Waals surface area contributed by atoms with E-state index >= 15 is 0 Å². The van der Waals surface area contributed by atoms with Gasteiger partial charge < -0.3 is 4.74 Å². The van der Waals surface area contributed by atoms with Crippen LogP contribution in [0.5, 0.6) is 5.75 Å². The van der Waals surface area contributed by atoms with Gasteiger partial charge >= 0.3 is 17.8 Å². The van der Waals surface area contributed by atoms with Gasteiger partial charge in [-0.2, -0.15) is 5.26 Å². The predicted molar refractivity (Wildman–Crippen MR) is 71.1 cm³/mol. The third-order valence-electron chi connectivity index (χ3n) is 3.02. The van der Waals surface area contributed by atoms with Gasteiger partial charge in [0.2, 0.25) is 0 Å². The third-order valence-corrected chi connectivity index (χ3v) is 3.02. The van der Waals surface area contributed by atoms with E-state index in [4.69, 9.17) is 10.00 Å². The number of ether oxygens (including phenoxy) is 1. The van der Waals surface area contributed by atoms with Crippen LogP contribution in [-0.4, -0.2) is 47.3 Å². The fourth-order valence-electron chi connectivity index (χ4n) is 1.91. The molecule has 0 unspecified atom stereocenters. The minimum Gasteiger partial charge on any atom is -0.492 e. The Bertz CT molecular complexity index is 618. The highest BCUT2D eigenvalue weighted by Crippen LogP contribution is 2.13. The maximum absolute atomic E-state index is 11.8. The minimum absolute atomic E-state index is 0.0000912. The lowest BCUT2D eigenvalue weighted by Crippen LogP contribution is -2.35. The van der Waals surface area contributed by atoms with Gasteiger partial charge in [-0.3, -0.25) is 19.4 Å². The van der Waals surface area contributed by atoms with Crippen molar-refractivity contribution in [3.05, 3.63) is 29.8 Å². The number of benzene rings is 1. The number of amides is 4. The van der Waals surface area contributed by atoms with Gasteiger partial charge in [0.15, 0.2) is 0 Å². The summed E-state index contributed by atoms with van der Waals surface area (Å²) >= 11 is 0. The molecule has 4 amide bonds. The zero-order valence-corrected chi connectivity index (χ0v) is 11.4. The summed E-state index contributed by atoms with van der Waals surface area (Å²) in [5.74, 6) is -1.11. The molecule has 1 fully saturated rings. The Morgan fingerprint density at radius 1 is 1.10 bits per heavy atom. The molecule has 1 aromatic carbocycles. The molecule has 1 aromatic rings. The van der Waals surface area contributed by atoms with Gasteiger partial charge in [0.25, 0.3) is 0 Å². The molecule has 21 heavy (non-hydrogen) atoms. The number of hydrogen-bond donors (Lipinski definition) is 0. The van der Waals surface area contributed by atoms with Gasteiger partial charge in [-0.1, -0.05) is 0 Å². The van der Waals surface area contributed by atoms with Crippen LogP contribution in [0.3, 0.4) is 0 Å². The number of hydrogen-bond acceptors (Lipinski definition) is 5. The smallest absolute Gasteiger partial charge is 0.334 e. The van der Waals surface area contributed by atoms with Crippen molar-refractivity contribution < 1.29 is 19.1 Å². The molecule has 2 rings (SSSR count). The third kappa shape index (κ3) is 2.84. The summed E-state index contributed by atoms with van der Waals surface area (Å²) in [6, 6.07) is 7.82. The van der Waals surface area contributed by atoms with E-state index in [2.05, 4.69) is 0 Å². The first kappa shape index (κ1) is 14.5. The Hall–Kier alpha value is -2.88. The van der Waals surface area contributed by atoms with Crippen molar-refractivity contribution in [1.82, 2.24) is 9.80 Å². The van der Waals surface area contributed by atoms with Gasteiger partial charge in [0, 0.05) is 6.54 Å². The molecule has 0 radical (unpaired) electrons. The Morgan fingerprint density at radius 2 is 1.71 bits per heavy atom. The minimum atomic E-state index is -0.828. The van der Waals surface area contributed by atoms with E-state index in [1.54, 1.807) is 31.2 Å². The Morgan fingerprint density at radius 3 is 2.24 bits per heavy atom. The molecular weight excluding hydrogens is 274 g/mol. The second kappa shape index (κ2) is 6.05. The van der Waals surface area contributed by atoms with Crippen molar-refractivity contribution in [1.29, 1.82) is 5.26 Å². The average molecular weight is 287 g/mol. The highest BCUT2D eigenvalue weighted by molar-refractivity contribution is 6.44. The number of imide groups is 2. The molecule has 0 N–H and O–H groups in total. The van der Waals surface area contributed by atoms with E-state index in [0.717, 1.165) is 9.80 Å². The Kier molecular flexibility index (Phi) is 4.18. The van der Waals surface area contributed by atoms with E-state index in [-0.39, 0.29) is 19.7 Å². The number of nitriles is 1. The van der Waals surface area contributed by atoms with Crippen LogP contribution in [0.4, 0.5) is 4.79 Å². The highest BCUT2D eigenvalue weighted by atomic mass is 16.5. The number of carbonyl (C=O) groups excluding carboxylic acids is 3. The second-order valence-electron chi connectivity index (χ2n) is 4.27. The SMILES string of the molecule is CCN1C(=O)C(=O)N(CCOc2ccc(C#N)cc2)C1=O. The summed E-state index contributed by atoms with van der Waals surface area (Å²) in [7, 11) is 0. The molecule has 1 heterocycles. The molecule has 1 aliphatic rings. The molecule has 0 aromatic heterocycles. The van der Waals surface area contributed by atoms with Gasteiger partial charge in [-0.25, -0.2) is 4.79 Å². The molecule has 1 aliphatic heterocycles. The van der Waals surface area contributed by atoms with E-state index < -0.39 is 17.8 Å². The Balaban J connectivity index is 1.91. The maximum Gasteiger partial charge on any atom is 0.334 e. The second-order valence-corrected chi connectivity index (χ2v) is 4.27. The van der Waals surface area contributed by atoms with Crippen LogP contribution in [0.25, 0.3) is 0 Å². The van der Waals surface area contributed by atoms with Gasteiger partial charge in [-0.05, 0) is 31.2 Å². The van der Waals surface area contributed by atoms with Crippen LogP contribution < -0.4 is 4.74 Å². The predicted octanol–water partition coefficient (Wildman–Crippen LogP) is 0.748. The number of urea groups is 1. The standard InChI is InChI=1S/C14H13N3O4/c1-2-16-12(18)13(19)17(14(16)20)7-8-21-11-5-3-10(9-15)4-6-11/h3-6H,2,7-8H2,1H3. The zero-order chi connectivity index (χ0) is 15.4. The first-order chi connectivity index (χ1) is 10.1. The van der Waals surface area contributed by atoms with Crippen LogP contribution in [0.15, 0.2) is 24.3 Å². The molecular formula is C14H13N3O4. The van der Waals surface area contributed by atoms with E-state index in [0.29, 0.717) is 11.3 Å². The fraction of sp³-hybridized carbons (Fsp3) is 0.286. The summed E-state index contributed by atoms with van der Waals surface area (Å²) in [5, 5.41) is 8.67. The first-order valence-electron chi connectivity index (χ1n) is 6.38. The summed E-state index contributed by atoms with van der Waals surface area (Å²) in [5.41, 5.74) is 0.511. The van der Waals surface area contributed by atoms with Gasteiger partial charge in [0.05, 0.1) is 18.2 Å². The summed E-state index contributed by atoms with van der Waals surface area (Å²) < 4.78 is 5.38. The zero-order valence-electron chi connectivity index (χ0n) is 11.4. The van der Waals surface area contributed by atoms with Crippen LogP contribution in [-0.2, 0) is 9.59 Å². The van der Waals surface area contributed by atoms with Gasteiger partial charge in [0.1, 0.15) is 12.4 Å². The fourth-order valence-corrected chi connectivity index (χ4v) is 1.91. The van der Waals surface area contributed by atoms with E-state index in [9.17, 15) is 14.4 Å².